The number of rotatable bonds is 6. The topological polar surface area (TPSA) is 62.4 Å². The van der Waals surface area contributed by atoms with E-state index in [2.05, 4.69) is 60.1 Å². The van der Waals surface area contributed by atoms with Gasteiger partial charge in [0.1, 0.15) is 0 Å². The molecule has 0 radical (unpaired) electrons. The van der Waals surface area contributed by atoms with Crippen molar-refractivity contribution in [3.63, 3.8) is 0 Å². The van der Waals surface area contributed by atoms with Crippen LogP contribution in [0, 0.1) is 0 Å². The van der Waals surface area contributed by atoms with Crippen LogP contribution in [0.1, 0.15) is 62.5 Å². The molecular weight excluding hydrogens is 302 g/mol. The van der Waals surface area contributed by atoms with E-state index in [0.29, 0.717) is 18.5 Å². The van der Waals surface area contributed by atoms with Crippen molar-refractivity contribution in [3.05, 3.63) is 47.1 Å². The Kier molecular flexibility index (Phi) is 5.01. The molecule has 1 aromatic heterocycles. The zero-order chi connectivity index (χ0) is 17.2. The van der Waals surface area contributed by atoms with E-state index < -0.39 is 0 Å². The third-order valence-corrected chi connectivity index (χ3v) is 4.60. The summed E-state index contributed by atoms with van der Waals surface area (Å²) < 4.78 is 5.43. The summed E-state index contributed by atoms with van der Waals surface area (Å²) in [6.45, 7) is 7.89. The summed E-state index contributed by atoms with van der Waals surface area (Å²) in [7, 11) is 0. The Hall–Kier alpha value is -1.72. The highest BCUT2D eigenvalue weighted by atomic mass is 16.5. The van der Waals surface area contributed by atoms with Gasteiger partial charge in [0, 0.05) is 24.6 Å². The number of aryl methyl sites for hydroxylation is 1. The molecule has 0 aliphatic heterocycles. The number of aromatic nitrogens is 2. The van der Waals surface area contributed by atoms with E-state index >= 15 is 0 Å². The van der Waals surface area contributed by atoms with E-state index in [-0.39, 0.29) is 12.0 Å². The molecule has 0 amide bonds. The van der Waals surface area contributed by atoms with Crippen LogP contribution in [-0.4, -0.2) is 33.3 Å². The van der Waals surface area contributed by atoms with Crippen molar-refractivity contribution in [2.75, 3.05) is 13.2 Å². The molecule has 0 saturated heterocycles. The maximum atomic E-state index is 9.25. The van der Waals surface area contributed by atoms with Crippen molar-refractivity contribution < 1.29 is 9.63 Å². The van der Waals surface area contributed by atoms with Crippen molar-refractivity contribution in [3.8, 4) is 0 Å². The Labute approximate surface area is 143 Å². The van der Waals surface area contributed by atoms with Crippen LogP contribution in [0.25, 0.3) is 0 Å². The quantitative estimate of drug-likeness (QED) is 0.881. The fourth-order valence-electron chi connectivity index (χ4n) is 3.34. The van der Waals surface area contributed by atoms with Crippen LogP contribution >= 0.6 is 0 Å². The summed E-state index contributed by atoms with van der Waals surface area (Å²) in [5, 5.41) is 13.4. The first-order valence-electron chi connectivity index (χ1n) is 8.75. The second-order valence-electron chi connectivity index (χ2n) is 7.57. The first kappa shape index (κ1) is 17.1. The van der Waals surface area contributed by atoms with Gasteiger partial charge in [0.25, 0.3) is 0 Å². The molecule has 0 bridgehead atoms. The van der Waals surface area contributed by atoms with Crippen molar-refractivity contribution in [1.29, 1.82) is 0 Å². The Bertz CT molecular complexity index is 675. The number of benzene rings is 1. The van der Waals surface area contributed by atoms with Crippen LogP contribution in [-0.2, 0) is 18.4 Å². The summed E-state index contributed by atoms with van der Waals surface area (Å²) >= 11 is 0. The number of aliphatic hydroxyl groups excluding tert-OH is 1. The molecule has 24 heavy (non-hydrogen) atoms. The Morgan fingerprint density at radius 2 is 2.08 bits per heavy atom. The molecule has 5 heteroatoms. The smallest absolute Gasteiger partial charge is 0.232 e. The lowest BCUT2D eigenvalue weighted by molar-refractivity contribution is 0.160. The minimum absolute atomic E-state index is 0.138. The summed E-state index contributed by atoms with van der Waals surface area (Å²) in [6, 6.07) is 9.01. The number of nitrogens with zero attached hydrogens (tertiary/aromatic N) is 3. The lowest BCUT2D eigenvalue weighted by Crippen LogP contribution is -2.29. The maximum Gasteiger partial charge on any atom is 0.232 e. The van der Waals surface area contributed by atoms with Crippen LogP contribution < -0.4 is 0 Å². The molecular formula is C19H27N3O2. The first-order valence-corrected chi connectivity index (χ1v) is 8.75. The van der Waals surface area contributed by atoms with Gasteiger partial charge in [0.2, 0.25) is 5.89 Å². The van der Waals surface area contributed by atoms with Gasteiger partial charge >= 0.3 is 0 Å². The van der Waals surface area contributed by atoms with Crippen LogP contribution in [0.3, 0.4) is 0 Å². The largest absolute Gasteiger partial charge is 0.396 e. The van der Waals surface area contributed by atoms with Gasteiger partial charge in [0.15, 0.2) is 5.82 Å². The molecule has 5 nitrogen and oxygen atoms in total. The molecule has 0 fully saturated rings. The predicted molar refractivity (Wildman–Crippen MR) is 92.6 cm³/mol. The SMILES string of the molecule is CC(C)(C)c1nc(CN(CCCO)C2CCc3ccccc32)no1. The normalized spacial score (nSPS) is 17.5. The van der Waals surface area contributed by atoms with Crippen LogP contribution in [0.5, 0.6) is 0 Å². The van der Waals surface area contributed by atoms with Crippen molar-refractivity contribution in [1.82, 2.24) is 15.0 Å². The number of hydrogen-bond acceptors (Lipinski definition) is 5. The number of hydrogen-bond donors (Lipinski definition) is 1. The molecule has 2 aromatic rings. The Balaban J connectivity index is 1.79. The number of aliphatic hydroxyl groups is 1. The summed E-state index contributed by atoms with van der Waals surface area (Å²) in [6.07, 6.45) is 2.97. The standard InChI is InChI=1S/C19H27N3O2/c1-19(2,3)18-20-17(21-24-18)13-22(11-6-12-23)16-10-9-14-7-4-5-8-15(14)16/h4-5,7-8,16,23H,6,9-13H2,1-3H3. The van der Waals surface area contributed by atoms with Gasteiger partial charge in [-0.05, 0) is 30.4 Å². The van der Waals surface area contributed by atoms with Gasteiger partial charge < -0.3 is 9.63 Å². The van der Waals surface area contributed by atoms with Gasteiger partial charge in [0.05, 0.1) is 6.54 Å². The van der Waals surface area contributed by atoms with Gasteiger partial charge in [-0.15, -0.1) is 0 Å². The Morgan fingerprint density at radius 1 is 1.29 bits per heavy atom. The highest BCUT2D eigenvalue weighted by molar-refractivity contribution is 5.34. The van der Waals surface area contributed by atoms with E-state index in [0.717, 1.165) is 31.6 Å². The monoisotopic (exact) mass is 329 g/mol. The summed E-state index contributed by atoms with van der Waals surface area (Å²) in [4.78, 5) is 6.95. The van der Waals surface area contributed by atoms with Crippen molar-refractivity contribution >= 4 is 0 Å². The molecule has 1 heterocycles. The zero-order valence-corrected chi connectivity index (χ0v) is 14.8. The molecule has 1 aliphatic carbocycles. The predicted octanol–water partition coefficient (Wildman–Crippen LogP) is 3.24. The molecule has 1 N–H and O–H groups in total. The molecule has 0 saturated carbocycles. The van der Waals surface area contributed by atoms with E-state index in [9.17, 15) is 5.11 Å². The van der Waals surface area contributed by atoms with Gasteiger partial charge in [-0.1, -0.05) is 50.2 Å². The van der Waals surface area contributed by atoms with Gasteiger partial charge in [-0.3, -0.25) is 4.90 Å². The maximum absolute atomic E-state index is 9.25. The summed E-state index contributed by atoms with van der Waals surface area (Å²) in [5.41, 5.74) is 2.69. The first-order chi connectivity index (χ1) is 11.5. The van der Waals surface area contributed by atoms with Crippen molar-refractivity contribution in [2.24, 2.45) is 0 Å². The summed E-state index contributed by atoms with van der Waals surface area (Å²) in [5.74, 6) is 1.40. The minimum Gasteiger partial charge on any atom is -0.396 e. The van der Waals surface area contributed by atoms with Crippen LogP contribution in [0.15, 0.2) is 28.8 Å². The molecule has 1 atom stereocenters. The van der Waals surface area contributed by atoms with E-state index in [1.807, 2.05) is 0 Å². The third kappa shape index (κ3) is 3.68. The minimum atomic E-state index is -0.138. The van der Waals surface area contributed by atoms with Gasteiger partial charge in [-0.25, -0.2) is 0 Å². The molecule has 1 unspecified atom stereocenters. The average molecular weight is 329 g/mol. The molecule has 1 aromatic carbocycles. The van der Waals surface area contributed by atoms with Crippen molar-refractivity contribution in [2.45, 2.75) is 58.0 Å². The van der Waals surface area contributed by atoms with E-state index in [1.165, 1.54) is 11.1 Å². The second kappa shape index (κ2) is 7.03. The fraction of sp³-hybridized carbons (Fsp3) is 0.579. The molecule has 3 rings (SSSR count). The number of fused-ring (bicyclic) bond motifs is 1. The molecule has 0 spiro atoms. The zero-order valence-electron chi connectivity index (χ0n) is 14.8. The lowest BCUT2D eigenvalue weighted by Gasteiger charge is -2.28. The molecule has 130 valence electrons. The van der Waals surface area contributed by atoms with E-state index in [4.69, 9.17) is 4.52 Å². The average Bonchev–Trinajstić information content (AvgIpc) is 3.18. The van der Waals surface area contributed by atoms with E-state index in [1.54, 1.807) is 0 Å². The lowest BCUT2D eigenvalue weighted by atomic mass is 9.97. The highest BCUT2D eigenvalue weighted by Crippen LogP contribution is 2.36. The van der Waals surface area contributed by atoms with Gasteiger partial charge in [-0.2, -0.15) is 4.98 Å². The highest BCUT2D eigenvalue weighted by Gasteiger charge is 2.29. The fourth-order valence-corrected chi connectivity index (χ4v) is 3.34. The molecule has 1 aliphatic rings. The second-order valence-corrected chi connectivity index (χ2v) is 7.57. The Morgan fingerprint density at radius 3 is 2.79 bits per heavy atom. The van der Waals surface area contributed by atoms with Crippen LogP contribution in [0.2, 0.25) is 0 Å². The van der Waals surface area contributed by atoms with Crippen LogP contribution in [0.4, 0.5) is 0 Å². The third-order valence-electron chi connectivity index (χ3n) is 4.60.